The highest BCUT2D eigenvalue weighted by molar-refractivity contribution is 6.20. The van der Waals surface area contributed by atoms with E-state index in [0.29, 0.717) is 17.5 Å². The summed E-state index contributed by atoms with van der Waals surface area (Å²) in [5, 5.41) is 5.43. The van der Waals surface area contributed by atoms with Crippen LogP contribution in [0.3, 0.4) is 0 Å². The number of rotatable bonds is 6. The lowest BCUT2D eigenvalue weighted by Gasteiger charge is -2.11. The van der Waals surface area contributed by atoms with Gasteiger partial charge in [-0.1, -0.05) is 170 Å². The first-order valence-electron chi connectivity index (χ1n) is 19.0. The molecule has 0 saturated carbocycles. The first-order valence-corrected chi connectivity index (χ1v) is 19.0. The van der Waals surface area contributed by atoms with Crippen LogP contribution in [0.15, 0.2) is 199 Å². The molecule has 0 saturated heterocycles. The Morgan fingerprint density at radius 1 is 0.316 bits per heavy atom. The van der Waals surface area contributed by atoms with Crippen LogP contribution < -0.4 is 0 Å². The molecule has 0 atom stereocenters. The molecule has 5 heteroatoms. The van der Waals surface area contributed by atoms with Gasteiger partial charge in [0.25, 0.3) is 0 Å². The van der Waals surface area contributed by atoms with Crippen molar-refractivity contribution in [1.29, 1.82) is 0 Å². The molecule has 0 N–H and O–H groups in total. The number of aromatic nitrogens is 4. The van der Waals surface area contributed by atoms with Gasteiger partial charge in [-0.2, -0.15) is 0 Å². The lowest BCUT2D eigenvalue weighted by molar-refractivity contribution is 0.672. The van der Waals surface area contributed by atoms with Crippen molar-refractivity contribution in [1.82, 2.24) is 19.9 Å². The summed E-state index contributed by atoms with van der Waals surface area (Å²) in [7, 11) is 0. The molecule has 0 fully saturated rings. The average molecular weight is 729 g/mol. The summed E-state index contributed by atoms with van der Waals surface area (Å²) >= 11 is 0. The lowest BCUT2D eigenvalue weighted by Crippen LogP contribution is -2.00. The number of hydrogen-bond acceptors (Lipinski definition) is 5. The van der Waals surface area contributed by atoms with Crippen LogP contribution >= 0.6 is 0 Å². The van der Waals surface area contributed by atoms with Crippen LogP contribution in [0.5, 0.6) is 0 Å². The molecule has 11 aromatic rings. The Kier molecular flexibility index (Phi) is 7.74. The predicted octanol–water partition coefficient (Wildman–Crippen LogP) is 13.5. The number of furan rings is 1. The second-order valence-electron chi connectivity index (χ2n) is 14.3. The van der Waals surface area contributed by atoms with E-state index in [0.717, 1.165) is 93.8 Å². The Labute approximate surface area is 328 Å². The van der Waals surface area contributed by atoms with E-state index in [9.17, 15) is 0 Å². The number of benzene rings is 8. The third-order valence-corrected chi connectivity index (χ3v) is 10.7. The molecule has 0 unspecified atom stereocenters. The number of nitrogens with zero attached hydrogens (tertiary/aromatic N) is 4. The zero-order valence-electron chi connectivity index (χ0n) is 30.7. The van der Waals surface area contributed by atoms with Crippen LogP contribution in [0, 0.1) is 0 Å². The Hall–Kier alpha value is -7.76. The van der Waals surface area contributed by atoms with Gasteiger partial charge in [-0.25, -0.2) is 19.9 Å². The van der Waals surface area contributed by atoms with E-state index in [2.05, 4.69) is 146 Å². The highest BCUT2D eigenvalue weighted by Crippen LogP contribution is 2.41. The SMILES string of the molecule is c1ccc(-c2cccc(-c3nc(-c4ccccc4)nc(-c4ccc(-c5ccc(-c6nc7cc8ccccc8cc7c7oc8ccccc8c67)cc5)cc4)n3)c2)cc1. The van der Waals surface area contributed by atoms with Crippen LogP contribution in [0.4, 0.5) is 0 Å². The summed E-state index contributed by atoms with van der Waals surface area (Å²) in [4.78, 5) is 20.3. The molecule has 8 aromatic carbocycles. The third-order valence-electron chi connectivity index (χ3n) is 10.7. The van der Waals surface area contributed by atoms with Gasteiger partial charge in [0.15, 0.2) is 17.5 Å². The number of hydrogen-bond donors (Lipinski definition) is 0. The van der Waals surface area contributed by atoms with Gasteiger partial charge < -0.3 is 4.42 Å². The molecule has 0 amide bonds. The second-order valence-corrected chi connectivity index (χ2v) is 14.3. The van der Waals surface area contributed by atoms with Crippen LogP contribution in [0.1, 0.15) is 0 Å². The van der Waals surface area contributed by atoms with Crippen LogP contribution in [-0.4, -0.2) is 19.9 Å². The minimum Gasteiger partial charge on any atom is -0.455 e. The van der Waals surface area contributed by atoms with Gasteiger partial charge >= 0.3 is 0 Å². The summed E-state index contributed by atoms with van der Waals surface area (Å²) in [5.74, 6) is 1.89. The quantitative estimate of drug-likeness (QED) is 0.160. The van der Waals surface area contributed by atoms with Crippen molar-refractivity contribution in [2.45, 2.75) is 0 Å². The van der Waals surface area contributed by atoms with E-state index in [4.69, 9.17) is 24.4 Å². The summed E-state index contributed by atoms with van der Waals surface area (Å²) in [6, 6.07) is 66.9. The fraction of sp³-hybridized carbons (Fsp3) is 0. The van der Waals surface area contributed by atoms with Crippen molar-refractivity contribution in [2.24, 2.45) is 0 Å². The predicted molar refractivity (Wildman–Crippen MR) is 233 cm³/mol. The van der Waals surface area contributed by atoms with E-state index < -0.39 is 0 Å². The van der Waals surface area contributed by atoms with E-state index in [1.54, 1.807) is 0 Å². The van der Waals surface area contributed by atoms with Gasteiger partial charge in [-0.05, 0) is 57.3 Å². The van der Waals surface area contributed by atoms with Crippen LogP contribution in [0.25, 0.3) is 111 Å². The third kappa shape index (κ3) is 5.90. The van der Waals surface area contributed by atoms with Crippen molar-refractivity contribution >= 4 is 43.6 Å². The van der Waals surface area contributed by atoms with Gasteiger partial charge in [-0.15, -0.1) is 0 Å². The highest BCUT2D eigenvalue weighted by Gasteiger charge is 2.19. The van der Waals surface area contributed by atoms with Gasteiger partial charge in [0, 0.05) is 33.0 Å². The Balaban J connectivity index is 0.961. The molecule has 0 aliphatic rings. The molecule has 3 aromatic heterocycles. The standard InChI is InChI=1S/C52H32N4O/c1-3-12-33(13-4-1)39-18-11-19-42(30-39)52-55-50(37-14-5-2-6-15-37)54-51(56-52)38-28-24-35(25-29-38)34-22-26-36(27-23-34)48-47-43-20-9-10-21-46(43)57-49(47)44-31-40-16-7-8-17-41(40)32-45(44)53-48/h1-32H. The van der Waals surface area contributed by atoms with Crippen molar-refractivity contribution in [2.75, 3.05) is 0 Å². The first kappa shape index (κ1) is 32.7. The van der Waals surface area contributed by atoms with E-state index in [1.165, 1.54) is 0 Å². The van der Waals surface area contributed by atoms with Crippen molar-refractivity contribution in [3.8, 4) is 67.7 Å². The number of para-hydroxylation sites is 1. The topological polar surface area (TPSA) is 64.7 Å². The normalized spacial score (nSPS) is 11.5. The maximum Gasteiger partial charge on any atom is 0.164 e. The summed E-state index contributed by atoms with van der Waals surface area (Å²) < 4.78 is 6.55. The van der Waals surface area contributed by atoms with Crippen LogP contribution in [0.2, 0.25) is 0 Å². The Bertz CT molecular complexity index is 3270. The number of pyridine rings is 1. The summed E-state index contributed by atoms with van der Waals surface area (Å²) in [5.41, 5.74) is 11.8. The monoisotopic (exact) mass is 728 g/mol. The molecule has 0 aliphatic heterocycles. The van der Waals surface area contributed by atoms with Crippen molar-refractivity contribution in [3.63, 3.8) is 0 Å². The summed E-state index contributed by atoms with van der Waals surface area (Å²) in [6.45, 7) is 0. The van der Waals surface area contributed by atoms with Crippen molar-refractivity contribution < 1.29 is 4.42 Å². The maximum atomic E-state index is 6.55. The van der Waals surface area contributed by atoms with Gasteiger partial charge in [0.2, 0.25) is 0 Å². The minimum atomic E-state index is 0.623. The fourth-order valence-electron chi connectivity index (χ4n) is 7.81. The van der Waals surface area contributed by atoms with Crippen LogP contribution in [-0.2, 0) is 0 Å². The van der Waals surface area contributed by atoms with Crippen molar-refractivity contribution in [3.05, 3.63) is 194 Å². The second kappa shape index (κ2) is 13.5. The smallest absolute Gasteiger partial charge is 0.164 e. The fourth-order valence-corrected chi connectivity index (χ4v) is 7.81. The molecule has 5 nitrogen and oxygen atoms in total. The molecule has 0 aliphatic carbocycles. The summed E-state index contributed by atoms with van der Waals surface area (Å²) in [6.07, 6.45) is 0. The van der Waals surface area contributed by atoms with Gasteiger partial charge in [0.1, 0.15) is 11.2 Å². The molecule has 0 radical (unpaired) electrons. The van der Waals surface area contributed by atoms with E-state index in [1.807, 2.05) is 48.5 Å². The largest absolute Gasteiger partial charge is 0.455 e. The van der Waals surface area contributed by atoms with E-state index in [-0.39, 0.29) is 0 Å². The zero-order valence-corrected chi connectivity index (χ0v) is 30.7. The molecule has 3 heterocycles. The molecule has 266 valence electrons. The maximum absolute atomic E-state index is 6.55. The molecular formula is C52H32N4O. The first-order chi connectivity index (χ1) is 28.2. The number of fused-ring (bicyclic) bond motifs is 6. The average Bonchev–Trinajstić information content (AvgIpc) is 3.69. The van der Waals surface area contributed by atoms with Gasteiger partial charge in [-0.3, -0.25) is 0 Å². The molecular weight excluding hydrogens is 697 g/mol. The molecule has 0 bridgehead atoms. The molecule has 57 heavy (non-hydrogen) atoms. The Morgan fingerprint density at radius 3 is 1.51 bits per heavy atom. The van der Waals surface area contributed by atoms with Gasteiger partial charge in [0.05, 0.1) is 16.6 Å². The van der Waals surface area contributed by atoms with E-state index >= 15 is 0 Å². The molecule has 0 spiro atoms. The Morgan fingerprint density at radius 2 is 0.807 bits per heavy atom. The zero-order chi connectivity index (χ0) is 37.7. The molecule has 11 rings (SSSR count). The lowest BCUT2D eigenvalue weighted by atomic mass is 9.98. The minimum absolute atomic E-state index is 0.623. The highest BCUT2D eigenvalue weighted by atomic mass is 16.3.